The molecule has 0 saturated carbocycles. The van der Waals surface area contributed by atoms with Crippen LogP contribution in [0.2, 0.25) is 10.0 Å². The van der Waals surface area contributed by atoms with Crippen LogP contribution >= 0.6 is 23.2 Å². The lowest BCUT2D eigenvalue weighted by Gasteiger charge is -2.16. The summed E-state index contributed by atoms with van der Waals surface area (Å²) in [6.07, 6.45) is 5.44. The number of aliphatic hydroxyl groups is 1. The Morgan fingerprint density at radius 3 is 2.86 bits per heavy atom. The Morgan fingerprint density at radius 2 is 2.27 bits per heavy atom. The fourth-order valence-corrected chi connectivity index (χ4v) is 2.61. The summed E-state index contributed by atoms with van der Waals surface area (Å²) >= 11 is 11.9. The summed E-state index contributed by atoms with van der Waals surface area (Å²) in [5.41, 5.74) is 1.37. The number of carbonyl (C=O) groups excluding carboxylic acids is 1. The van der Waals surface area contributed by atoms with Crippen LogP contribution in [-0.4, -0.2) is 33.7 Å². The minimum absolute atomic E-state index is 0.0488. The normalized spacial score (nSPS) is 12.2. The van der Waals surface area contributed by atoms with Gasteiger partial charge in [-0.15, -0.1) is 0 Å². The number of halogens is 2. The van der Waals surface area contributed by atoms with E-state index >= 15 is 0 Å². The Bertz CT molecular complexity index is 658. The van der Waals surface area contributed by atoms with Gasteiger partial charge in [0.05, 0.1) is 10.0 Å². The molecule has 0 saturated heterocycles. The highest BCUT2D eigenvalue weighted by molar-refractivity contribution is 6.31. The van der Waals surface area contributed by atoms with Crippen molar-refractivity contribution in [3.8, 4) is 0 Å². The molecule has 0 aliphatic carbocycles. The summed E-state index contributed by atoms with van der Waals surface area (Å²) in [5.74, 6) is -0.353. The summed E-state index contributed by atoms with van der Waals surface area (Å²) in [7, 11) is 1.75. The zero-order valence-corrected chi connectivity index (χ0v) is 13.6. The van der Waals surface area contributed by atoms with Crippen molar-refractivity contribution in [1.82, 2.24) is 14.9 Å². The molecular formula is C15H17Cl2N3O2. The van der Waals surface area contributed by atoms with Crippen molar-refractivity contribution in [2.75, 3.05) is 13.2 Å². The minimum Gasteiger partial charge on any atom is -0.396 e. The molecule has 2 N–H and O–H groups in total. The lowest BCUT2D eigenvalue weighted by molar-refractivity contribution is 0.0932. The fourth-order valence-electron chi connectivity index (χ4n) is 2.16. The first-order chi connectivity index (χ1) is 10.5. The first-order valence-corrected chi connectivity index (χ1v) is 7.56. The number of nitrogens with zero attached hydrogens (tertiary/aromatic N) is 2. The van der Waals surface area contributed by atoms with Crippen LogP contribution in [0.15, 0.2) is 30.7 Å². The van der Waals surface area contributed by atoms with Gasteiger partial charge in [0, 0.05) is 44.7 Å². The van der Waals surface area contributed by atoms with Crippen molar-refractivity contribution >= 4 is 29.1 Å². The Kier molecular flexibility index (Phi) is 5.83. The van der Waals surface area contributed by atoms with Gasteiger partial charge in [-0.05, 0) is 24.1 Å². The molecule has 0 bridgehead atoms. The number of rotatable bonds is 6. The van der Waals surface area contributed by atoms with E-state index in [0.29, 0.717) is 28.7 Å². The SMILES string of the molecule is Cn1cc(Cl)cc1C(=O)NC[C@@H](CO)Cc1ccncc1Cl. The number of aliphatic hydroxyl groups excluding tert-OH is 1. The molecule has 5 nitrogen and oxygen atoms in total. The van der Waals surface area contributed by atoms with Crippen molar-refractivity contribution < 1.29 is 9.90 Å². The number of pyridine rings is 1. The molecule has 1 atom stereocenters. The first kappa shape index (κ1) is 16.8. The largest absolute Gasteiger partial charge is 0.396 e. The van der Waals surface area contributed by atoms with Crippen LogP contribution < -0.4 is 5.32 Å². The average molecular weight is 342 g/mol. The van der Waals surface area contributed by atoms with Crippen molar-refractivity contribution in [2.24, 2.45) is 13.0 Å². The molecule has 7 heteroatoms. The van der Waals surface area contributed by atoms with E-state index in [-0.39, 0.29) is 18.4 Å². The van der Waals surface area contributed by atoms with E-state index in [9.17, 15) is 9.90 Å². The second kappa shape index (κ2) is 7.63. The molecule has 0 unspecified atom stereocenters. The van der Waals surface area contributed by atoms with Crippen LogP contribution in [0.5, 0.6) is 0 Å². The van der Waals surface area contributed by atoms with Crippen molar-refractivity contribution in [1.29, 1.82) is 0 Å². The Morgan fingerprint density at radius 1 is 1.50 bits per heavy atom. The number of hydrogen-bond acceptors (Lipinski definition) is 3. The van der Waals surface area contributed by atoms with Crippen molar-refractivity contribution in [3.63, 3.8) is 0 Å². The van der Waals surface area contributed by atoms with E-state index in [2.05, 4.69) is 10.3 Å². The summed E-state index contributed by atoms with van der Waals surface area (Å²) < 4.78 is 1.66. The molecule has 0 aliphatic heterocycles. The van der Waals surface area contributed by atoms with Gasteiger partial charge in [0.25, 0.3) is 5.91 Å². The average Bonchev–Trinajstić information content (AvgIpc) is 2.83. The van der Waals surface area contributed by atoms with Crippen LogP contribution in [0, 0.1) is 5.92 Å². The third-order valence-electron chi connectivity index (χ3n) is 3.38. The molecule has 0 aromatic carbocycles. The first-order valence-electron chi connectivity index (χ1n) is 6.80. The zero-order chi connectivity index (χ0) is 16.1. The Balaban J connectivity index is 1.95. The van der Waals surface area contributed by atoms with Gasteiger partial charge in [-0.3, -0.25) is 9.78 Å². The number of aromatic nitrogens is 2. The third-order valence-corrected chi connectivity index (χ3v) is 3.93. The standard InChI is InChI=1S/C15H17Cl2N3O2/c1-20-8-12(16)5-14(20)15(22)19-6-10(9-21)4-11-2-3-18-7-13(11)17/h2-3,5,7-8,10,21H,4,6,9H2,1H3,(H,19,22)/t10-/m0/s1. The molecule has 2 rings (SSSR count). The highest BCUT2D eigenvalue weighted by Crippen LogP contribution is 2.18. The van der Waals surface area contributed by atoms with E-state index < -0.39 is 0 Å². The van der Waals surface area contributed by atoms with Crippen molar-refractivity contribution in [3.05, 3.63) is 52.0 Å². The third kappa shape index (κ3) is 4.22. The topological polar surface area (TPSA) is 67.2 Å². The van der Waals surface area contributed by atoms with E-state index in [4.69, 9.17) is 23.2 Å². The predicted octanol–water partition coefficient (Wildman–Crippen LogP) is 2.31. The molecule has 118 valence electrons. The van der Waals surface area contributed by atoms with Gasteiger partial charge in [-0.2, -0.15) is 0 Å². The van der Waals surface area contributed by atoms with Crippen LogP contribution in [0.25, 0.3) is 0 Å². The number of nitrogens with one attached hydrogen (secondary N) is 1. The summed E-state index contributed by atoms with van der Waals surface area (Å²) in [6, 6.07) is 3.41. The summed E-state index contributed by atoms with van der Waals surface area (Å²) in [5, 5.41) is 13.4. The highest BCUT2D eigenvalue weighted by Gasteiger charge is 2.15. The molecule has 22 heavy (non-hydrogen) atoms. The molecule has 2 heterocycles. The highest BCUT2D eigenvalue weighted by atomic mass is 35.5. The monoisotopic (exact) mass is 341 g/mol. The minimum atomic E-state index is -0.228. The molecule has 2 aromatic heterocycles. The molecule has 0 radical (unpaired) electrons. The number of aryl methyl sites for hydroxylation is 1. The number of hydrogen-bond donors (Lipinski definition) is 2. The summed E-state index contributed by atoms with van der Waals surface area (Å²) in [4.78, 5) is 16.0. The van der Waals surface area contributed by atoms with Crippen LogP contribution in [0.4, 0.5) is 0 Å². The Hall–Kier alpha value is -1.56. The second-order valence-corrected chi connectivity index (χ2v) is 5.93. The molecule has 0 fully saturated rings. The van der Waals surface area contributed by atoms with Gasteiger partial charge in [-0.1, -0.05) is 23.2 Å². The van der Waals surface area contributed by atoms with Gasteiger partial charge in [0.2, 0.25) is 0 Å². The maximum Gasteiger partial charge on any atom is 0.267 e. The van der Waals surface area contributed by atoms with E-state index in [1.807, 2.05) is 6.07 Å². The van der Waals surface area contributed by atoms with Crippen molar-refractivity contribution in [2.45, 2.75) is 6.42 Å². The van der Waals surface area contributed by atoms with Gasteiger partial charge >= 0.3 is 0 Å². The lowest BCUT2D eigenvalue weighted by atomic mass is 10.0. The molecule has 1 amide bonds. The second-order valence-electron chi connectivity index (χ2n) is 5.08. The fraction of sp³-hybridized carbons (Fsp3) is 0.333. The van der Waals surface area contributed by atoms with E-state index in [1.54, 1.807) is 36.3 Å². The molecule has 0 aliphatic rings. The molecular weight excluding hydrogens is 325 g/mol. The van der Waals surface area contributed by atoms with Crippen LogP contribution in [0.3, 0.4) is 0 Å². The maximum atomic E-state index is 12.1. The number of carbonyl (C=O) groups is 1. The summed E-state index contributed by atoms with van der Waals surface area (Å²) in [6.45, 7) is 0.295. The van der Waals surface area contributed by atoms with Gasteiger partial charge < -0.3 is 15.0 Å². The van der Waals surface area contributed by atoms with Crippen LogP contribution in [-0.2, 0) is 13.5 Å². The zero-order valence-electron chi connectivity index (χ0n) is 12.1. The lowest BCUT2D eigenvalue weighted by Crippen LogP contribution is -2.32. The maximum absolute atomic E-state index is 12.1. The molecule has 2 aromatic rings. The predicted molar refractivity (Wildman–Crippen MR) is 86.3 cm³/mol. The molecule has 0 spiro atoms. The quantitative estimate of drug-likeness (QED) is 0.847. The number of amides is 1. The smallest absolute Gasteiger partial charge is 0.267 e. The Labute approximate surface area is 138 Å². The van der Waals surface area contributed by atoms with Gasteiger partial charge in [-0.25, -0.2) is 0 Å². The van der Waals surface area contributed by atoms with Gasteiger partial charge in [0.15, 0.2) is 0 Å². The van der Waals surface area contributed by atoms with E-state index in [1.165, 1.54) is 0 Å². The van der Waals surface area contributed by atoms with E-state index in [0.717, 1.165) is 5.56 Å². The van der Waals surface area contributed by atoms with Crippen LogP contribution in [0.1, 0.15) is 16.1 Å². The van der Waals surface area contributed by atoms with Gasteiger partial charge in [0.1, 0.15) is 5.69 Å².